The number of carboxylic acid groups (broad SMARTS) is 1. The third-order valence-electron chi connectivity index (χ3n) is 3.82. The Morgan fingerprint density at radius 2 is 2.17 bits per heavy atom. The van der Waals surface area contributed by atoms with Gasteiger partial charge in [-0.3, -0.25) is 9.59 Å². The summed E-state index contributed by atoms with van der Waals surface area (Å²) in [4.78, 5) is 25.7. The Labute approximate surface area is 133 Å². The van der Waals surface area contributed by atoms with Crippen LogP contribution in [0.1, 0.15) is 31.6 Å². The van der Waals surface area contributed by atoms with Crippen LogP contribution in [0.4, 0.5) is 10.4 Å². The summed E-state index contributed by atoms with van der Waals surface area (Å²) in [6.07, 6.45) is -0.310. The molecule has 0 aromatic carbocycles. The average molecular weight is 328 g/mol. The third-order valence-corrected chi connectivity index (χ3v) is 3.82. The molecule has 1 saturated heterocycles. The molecule has 1 amide bonds. The highest BCUT2D eigenvalue weighted by Gasteiger charge is 2.36. The van der Waals surface area contributed by atoms with Crippen molar-refractivity contribution in [2.45, 2.75) is 44.8 Å². The van der Waals surface area contributed by atoms with Crippen molar-refractivity contribution in [3.63, 3.8) is 0 Å². The van der Waals surface area contributed by atoms with Crippen molar-refractivity contribution in [3.05, 3.63) is 5.89 Å². The van der Waals surface area contributed by atoms with Crippen molar-refractivity contribution in [1.82, 2.24) is 15.1 Å². The van der Waals surface area contributed by atoms with Crippen LogP contribution in [0.15, 0.2) is 4.42 Å². The first kappa shape index (κ1) is 17.2. The monoisotopic (exact) mass is 328 g/mol. The zero-order valence-electron chi connectivity index (χ0n) is 13.2. The summed E-state index contributed by atoms with van der Waals surface area (Å²) in [6, 6.07) is 0.0256. The summed E-state index contributed by atoms with van der Waals surface area (Å²) < 4.78 is 19.1. The van der Waals surface area contributed by atoms with Gasteiger partial charge in [-0.2, -0.15) is 0 Å². The highest BCUT2D eigenvalue weighted by Crippen LogP contribution is 2.26. The number of aryl methyl sites for hydroxylation is 1. The van der Waals surface area contributed by atoms with E-state index in [4.69, 9.17) is 9.52 Å². The van der Waals surface area contributed by atoms with Gasteiger partial charge in [-0.15, -0.1) is 5.10 Å². The SMILES string of the molecule is Cc1nnc(N2C[C@@H](F)C[C@H]2CN(C)C(=O)CCCC(=O)O)o1. The van der Waals surface area contributed by atoms with Crippen LogP contribution in [0.5, 0.6) is 0 Å². The van der Waals surface area contributed by atoms with Gasteiger partial charge in [-0.1, -0.05) is 5.10 Å². The maximum absolute atomic E-state index is 13.8. The quantitative estimate of drug-likeness (QED) is 0.797. The van der Waals surface area contributed by atoms with Crippen molar-refractivity contribution in [3.8, 4) is 0 Å². The molecule has 1 aromatic rings. The number of aromatic nitrogens is 2. The van der Waals surface area contributed by atoms with E-state index in [1.54, 1.807) is 18.9 Å². The van der Waals surface area contributed by atoms with E-state index >= 15 is 0 Å². The van der Waals surface area contributed by atoms with Crippen LogP contribution in [0.2, 0.25) is 0 Å². The molecule has 2 heterocycles. The lowest BCUT2D eigenvalue weighted by molar-refractivity contribution is -0.137. The fraction of sp³-hybridized carbons (Fsp3) is 0.714. The lowest BCUT2D eigenvalue weighted by atomic mass is 10.1. The highest BCUT2D eigenvalue weighted by molar-refractivity contribution is 5.76. The number of carbonyl (C=O) groups excluding carboxylic acids is 1. The molecule has 0 aliphatic carbocycles. The average Bonchev–Trinajstić information content (AvgIpc) is 3.04. The molecule has 128 valence electrons. The van der Waals surface area contributed by atoms with Crippen LogP contribution in [0.3, 0.4) is 0 Å². The molecule has 0 spiro atoms. The van der Waals surface area contributed by atoms with E-state index in [0.29, 0.717) is 18.9 Å². The minimum atomic E-state index is -1.01. The molecule has 23 heavy (non-hydrogen) atoms. The summed E-state index contributed by atoms with van der Waals surface area (Å²) in [5.74, 6) is -0.677. The fourth-order valence-corrected chi connectivity index (χ4v) is 2.67. The van der Waals surface area contributed by atoms with Gasteiger partial charge in [0.05, 0.1) is 12.6 Å². The summed E-state index contributed by atoms with van der Waals surface area (Å²) in [5.41, 5.74) is 0. The zero-order valence-corrected chi connectivity index (χ0v) is 13.2. The van der Waals surface area contributed by atoms with E-state index in [-0.39, 0.29) is 43.8 Å². The van der Waals surface area contributed by atoms with Gasteiger partial charge in [0.25, 0.3) is 0 Å². The normalized spacial score (nSPS) is 20.7. The molecule has 8 nitrogen and oxygen atoms in total. The van der Waals surface area contributed by atoms with Crippen LogP contribution in [-0.4, -0.2) is 64.4 Å². The number of hydrogen-bond acceptors (Lipinski definition) is 6. The number of aliphatic carboxylic acids is 1. The maximum Gasteiger partial charge on any atom is 0.318 e. The first-order valence-electron chi connectivity index (χ1n) is 7.53. The number of nitrogens with zero attached hydrogens (tertiary/aromatic N) is 4. The molecule has 0 radical (unpaired) electrons. The molecule has 1 fully saturated rings. The van der Waals surface area contributed by atoms with Crippen molar-refractivity contribution in [1.29, 1.82) is 0 Å². The molecule has 0 saturated carbocycles. The summed E-state index contributed by atoms with van der Waals surface area (Å²) in [5, 5.41) is 16.2. The number of halogens is 1. The number of carboxylic acids is 1. The van der Waals surface area contributed by atoms with Crippen LogP contribution < -0.4 is 4.90 Å². The number of carbonyl (C=O) groups is 2. The summed E-state index contributed by atoms with van der Waals surface area (Å²) in [7, 11) is 1.63. The Hall–Kier alpha value is -2.19. The second-order valence-corrected chi connectivity index (χ2v) is 5.76. The molecule has 1 aromatic heterocycles. The fourth-order valence-electron chi connectivity index (χ4n) is 2.67. The molecular formula is C14H21FN4O4. The maximum atomic E-state index is 13.8. The molecular weight excluding hydrogens is 307 g/mol. The van der Waals surface area contributed by atoms with Gasteiger partial charge in [0, 0.05) is 39.8 Å². The standard InChI is InChI=1S/C14H21FN4O4/c1-9-16-17-14(23-9)19-7-10(15)6-11(19)8-18(2)12(20)4-3-5-13(21)22/h10-11H,3-8H2,1-2H3,(H,21,22)/t10-,11-/m0/s1. The first-order chi connectivity index (χ1) is 10.9. The largest absolute Gasteiger partial charge is 0.481 e. The number of hydrogen-bond donors (Lipinski definition) is 1. The van der Waals surface area contributed by atoms with E-state index in [2.05, 4.69) is 10.2 Å². The van der Waals surface area contributed by atoms with Crippen molar-refractivity contribution in [2.24, 2.45) is 0 Å². The molecule has 1 N–H and O–H groups in total. The van der Waals surface area contributed by atoms with Gasteiger partial charge in [0.2, 0.25) is 11.8 Å². The lowest BCUT2D eigenvalue weighted by Crippen LogP contribution is -2.41. The summed E-state index contributed by atoms with van der Waals surface area (Å²) >= 11 is 0. The van der Waals surface area contributed by atoms with E-state index in [1.165, 1.54) is 4.90 Å². The van der Waals surface area contributed by atoms with Gasteiger partial charge in [-0.05, 0) is 6.42 Å². The minimum absolute atomic E-state index is 0.0387. The molecule has 9 heteroatoms. The Kier molecular flexibility index (Phi) is 5.51. The molecule has 1 aliphatic heterocycles. The van der Waals surface area contributed by atoms with Gasteiger partial charge >= 0.3 is 12.0 Å². The van der Waals surface area contributed by atoms with Crippen molar-refractivity contribution < 1.29 is 23.5 Å². The Morgan fingerprint density at radius 3 is 2.78 bits per heavy atom. The second-order valence-electron chi connectivity index (χ2n) is 5.76. The molecule has 2 rings (SSSR count). The minimum Gasteiger partial charge on any atom is -0.481 e. The van der Waals surface area contributed by atoms with E-state index in [1.807, 2.05) is 0 Å². The molecule has 0 bridgehead atoms. The second kappa shape index (κ2) is 7.38. The first-order valence-corrected chi connectivity index (χ1v) is 7.53. The zero-order chi connectivity index (χ0) is 17.0. The van der Waals surface area contributed by atoms with Crippen LogP contribution >= 0.6 is 0 Å². The number of alkyl halides is 1. The van der Waals surface area contributed by atoms with Crippen molar-refractivity contribution >= 4 is 17.9 Å². The molecule has 1 aliphatic rings. The van der Waals surface area contributed by atoms with E-state index < -0.39 is 12.1 Å². The Morgan fingerprint density at radius 1 is 1.43 bits per heavy atom. The topological polar surface area (TPSA) is 99.8 Å². The van der Waals surface area contributed by atoms with E-state index in [0.717, 1.165) is 0 Å². The number of anilines is 1. The molecule has 0 unspecified atom stereocenters. The number of amides is 1. The predicted octanol–water partition coefficient (Wildman–Crippen LogP) is 1.01. The third kappa shape index (κ3) is 4.64. The predicted molar refractivity (Wildman–Crippen MR) is 78.8 cm³/mol. The van der Waals surface area contributed by atoms with Crippen LogP contribution in [0, 0.1) is 6.92 Å². The number of rotatable bonds is 7. The van der Waals surface area contributed by atoms with Gasteiger partial charge in [-0.25, -0.2) is 4.39 Å². The van der Waals surface area contributed by atoms with Gasteiger partial charge in [0.1, 0.15) is 6.17 Å². The van der Waals surface area contributed by atoms with E-state index in [9.17, 15) is 14.0 Å². The van der Waals surface area contributed by atoms with Crippen LogP contribution in [-0.2, 0) is 9.59 Å². The Balaban J connectivity index is 1.91. The summed E-state index contributed by atoms with van der Waals surface area (Å²) in [6.45, 7) is 2.15. The lowest BCUT2D eigenvalue weighted by Gasteiger charge is -2.27. The molecule has 2 atom stereocenters. The van der Waals surface area contributed by atoms with Gasteiger partial charge < -0.3 is 19.3 Å². The van der Waals surface area contributed by atoms with Crippen LogP contribution in [0.25, 0.3) is 0 Å². The van der Waals surface area contributed by atoms with Gasteiger partial charge in [0.15, 0.2) is 0 Å². The smallest absolute Gasteiger partial charge is 0.318 e. The Bertz CT molecular complexity index is 565. The highest BCUT2D eigenvalue weighted by atomic mass is 19.1. The van der Waals surface area contributed by atoms with Crippen molar-refractivity contribution in [2.75, 3.05) is 25.0 Å². The number of likely N-dealkylation sites (N-methyl/N-ethyl adjacent to an activating group) is 1.